The SMILES string of the molecule is O=C(NCCSCc1ccsc1)[C@@H]1CCc2n[nH]nc2C1. The molecule has 112 valence electrons. The van der Waals surface area contributed by atoms with E-state index in [2.05, 4.69) is 37.6 Å². The minimum Gasteiger partial charge on any atom is -0.355 e. The Bertz CT molecular complexity index is 582. The first-order valence-corrected chi connectivity index (χ1v) is 9.17. The molecule has 21 heavy (non-hydrogen) atoms. The smallest absolute Gasteiger partial charge is 0.223 e. The molecule has 0 fully saturated rings. The Morgan fingerprint density at radius 3 is 3.24 bits per heavy atom. The van der Waals surface area contributed by atoms with Gasteiger partial charge in [0.15, 0.2) is 0 Å². The van der Waals surface area contributed by atoms with Gasteiger partial charge in [0.1, 0.15) is 0 Å². The normalized spacial score (nSPS) is 17.4. The fourth-order valence-electron chi connectivity index (χ4n) is 2.46. The fourth-order valence-corrected chi connectivity index (χ4v) is 4.04. The summed E-state index contributed by atoms with van der Waals surface area (Å²) in [6.07, 6.45) is 2.42. The highest BCUT2D eigenvalue weighted by molar-refractivity contribution is 7.98. The van der Waals surface area contributed by atoms with Crippen LogP contribution in [0, 0.1) is 5.92 Å². The second-order valence-corrected chi connectivity index (χ2v) is 7.02. The molecule has 0 aromatic carbocycles. The summed E-state index contributed by atoms with van der Waals surface area (Å²) in [5, 5.41) is 18.1. The maximum atomic E-state index is 12.1. The second-order valence-electron chi connectivity index (χ2n) is 5.13. The largest absolute Gasteiger partial charge is 0.355 e. The molecule has 0 radical (unpaired) electrons. The minimum atomic E-state index is 0.0458. The second kappa shape index (κ2) is 7.09. The van der Waals surface area contributed by atoms with Crippen LogP contribution in [0.2, 0.25) is 0 Å². The van der Waals surface area contributed by atoms with Gasteiger partial charge in [0.25, 0.3) is 0 Å². The number of fused-ring (bicyclic) bond motifs is 1. The number of hydrogen-bond acceptors (Lipinski definition) is 5. The Labute approximate surface area is 131 Å². The standard InChI is InChI=1S/C14H18N4OS2/c19-14(11-1-2-12-13(7-11)17-18-16-12)15-4-6-21-9-10-3-5-20-8-10/h3,5,8,11H,1-2,4,6-7,9H2,(H,15,19)(H,16,17,18)/t11-/m1/s1. The molecule has 5 nitrogen and oxygen atoms in total. The number of rotatable bonds is 6. The molecule has 0 aliphatic heterocycles. The van der Waals surface area contributed by atoms with Crippen LogP contribution in [0.5, 0.6) is 0 Å². The zero-order valence-electron chi connectivity index (χ0n) is 11.7. The molecule has 2 aromatic rings. The first-order valence-electron chi connectivity index (χ1n) is 7.08. The van der Waals surface area contributed by atoms with Crippen molar-refractivity contribution in [2.45, 2.75) is 25.0 Å². The van der Waals surface area contributed by atoms with Crippen LogP contribution < -0.4 is 5.32 Å². The summed E-state index contributed by atoms with van der Waals surface area (Å²) in [5.74, 6) is 2.17. The Morgan fingerprint density at radius 2 is 2.38 bits per heavy atom. The molecule has 2 aromatic heterocycles. The van der Waals surface area contributed by atoms with Crippen LogP contribution in [-0.2, 0) is 23.4 Å². The molecule has 2 heterocycles. The summed E-state index contributed by atoms with van der Waals surface area (Å²) < 4.78 is 0. The number of aromatic amines is 1. The van der Waals surface area contributed by atoms with Gasteiger partial charge in [-0.1, -0.05) is 0 Å². The zero-order valence-corrected chi connectivity index (χ0v) is 13.3. The number of hydrogen-bond donors (Lipinski definition) is 2. The summed E-state index contributed by atoms with van der Waals surface area (Å²) >= 11 is 3.58. The van der Waals surface area contributed by atoms with Crippen LogP contribution in [0.3, 0.4) is 0 Å². The predicted molar refractivity (Wildman–Crippen MR) is 85.4 cm³/mol. The van der Waals surface area contributed by atoms with E-state index in [0.717, 1.165) is 42.3 Å². The number of carbonyl (C=O) groups excluding carboxylic acids is 1. The Hall–Kier alpha value is -1.34. The van der Waals surface area contributed by atoms with E-state index >= 15 is 0 Å². The molecule has 7 heteroatoms. The molecule has 0 bridgehead atoms. The van der Waals surface area contributed by atoms with Crippen molar-refractivity contribution >= 4 is 29.0 Å². The van der Waals surface area contributed by atoms with E-state index in [9.17, 15) is 4.79 Å². The number of nitrogens with one attached hydrogen (secondary N) is 2. The maximum Gasteiger partial charge on any atom is 0.223 e. The number of thioether (sulfide) groups is 1. The lowest BCUT2D eigenvalue weighted by Gasteiger charge is -2.19. The van der Waals surface area contributed by atoms with E-state index in [1.54, 1.807) is 11.3 Å². The van der Waals surface area contributed by atoms with Gasteiger partial charge in [-0.3, -0.25) is 4.79 Å². The lowest BCUT2D eigenvalue weighted by Crippen LogP contribution is -2.35. The average Bonchev–Trinajstić information content (AvgIpc) is 3.17. The summed E-state index contributed by atoms with van der Waals surface area (Å²) in [5.41, 5.74) is 3.33. The van der Waals surface area contributed by atoms with Crippen molar-refractivity contribution in [3.63, 3.8) is 0 Å². The van der Waals surface area contributed by atoms with E-state index in [0.29, 0.717) is 6.42 Å². The van der Waals surface area contributed by atoms with Gasteiger partial charge in [-0.25, -0.2) is 0 Å². The lowest BCUT2D eigenvalue weighted by molar-refractivity contribution is -0.125. The van der Waals surface area contributed by atoms with Gasteiger partial charge in [-0.2, -0.15) is 38.5 Å². The van der Waals surface area contributed by atoms with Gasteiger partial charge in [-0.15, -0.1) is 0 Å². The van der Waals surface area contributed by atoms with E-state index in [-0.39, 0.29) is 11.8 Å². The molecule has 1 aliphatic rings. The van der Waals surface area contributed by atoms with Gasteiger partial charge >= 0.3 is 0 Å². The Balaban J connectivity index is 1.35. The molecule has 1 amide bonds. The van der Waals surface area contributed by atoms with Crippen molar-refractivity contribution in [2.75, 3.05) is 12.3 Å². The number of carbonyl (C=O) groups is 1. The average molecular weight is 322 g/mol. The molecular formula is C14H18N4OS2. The third kappa shape index (κ3) is 3.85. The quantitative estimate of drug-likeness (QED) is 0.798. The van der Waals surface area contributed by atoms with E-state index < -0.39 is 0 Å². The molecular weight excluding hydrogens is 304 g/mol. The maximum absolute atomic E-state index is 12.1. The van der Waals surface area contributed by atoms with Crippen molar-refractivity contribution < 1.29 is 4.79 Å². The first kappa shape index (κ1) is 14.6. The summed E-state index contributed by atoms with van der Waals surface area (Å²) in [6.45, 7) is 0.732. The van der Waals surface area contributed by atoms with Crippen LogP contribution >= 0.6 is 23.1 Å². The molecule has 1 atom stereocenters. The number of aryl methyl sites for hydroxylation is 1. The summed E-state index contributed by atoms with van der Waals surface area (Å²) in [7, 11) is 0. The monoisotopic (exact) mass is 322 g/mol. The highest BCUT2D eigenvalue weighted by atomic mass is 32.2. The van der Waals surface area contributed by atoms with Crippen LogP contribution in [0.25, 0.3) is 0 Å². The predicted octanol–water partition coefficient (Wildman–Crippen LogP) is 2.02. The Morgan fingerprint density at radius 1 is 1.48 bits per heavy atom. The van der Waals surface area contributed by atoms with Gasteiger partial charge in [0.05, 0.1) is 11.4 Å². The van der Waals surface area contributed by atoms with Crippen molar-refractivity contribution in [3.05, 3.63) is 33.8 Å². The molecule has 3 rings (SSSR count). The third-order valence-corrected chi connectivity index (χ3v) is 5.40. The highest BCUT2D eigenvalue weighted by Gasteiger charge is 2.26. The number of nitrogens with zero attached hydrogens (tertiary/aromatic N) is 2. The lowest BCUT2D eigenvalue weighted by atomic mass is 9.89. The van der Waals surface area contributed by atoms with Crippen molar-refractivity contribution in [3.8, 4) is 0 Å². The van der Waals surface area contributed by atoms with E-state index in [1.165, 1.54) is 5.56 Å². The minimum absolute atomic E-state index is 0.0458. The molecule has 2 N–H and O–H groups in total. The molecule has 0 spiro atoms. The summed E-state index contributed by atoms with van der Waals surface area (Å²) in [4.78, 5) is 12.1. The number of aromatic nitrogens is 3. The third-order valence-electron chi connectivity index (χ3n) is 3.64. The van der Waals surface area contributed by atoms with Crippen molar-refractivity contribution in [1.82, 2.24) is 20.7 Å². The molecule has 0 saturated heterocycles. The van der Waals surface area contributed by atoms with Gasteiger partial charge in [-0.05, 0) is 35.2 Å². The first-order chi connectivity index (χ1) is 10.3. The zero-order chi connectivity index (χ0) is 14.5. The number of thiophene rings is 1. The van der Waals surface area contributed by atoms with Crippen LogP contribution in [-0.4, -0.2) is 33.6 Å². The summed E-state index contributed by atoms with van der Waals surface area (Å²) in [6, 6.07) is 2.15. The molecule has 0 saturated carbocycles. The topological polar surface area (TPSA) is 70.7 Å². The highest BCUT2D eigenvalue weighted by Crippen LogP contribution is 2.22. The van der Waals surface area contributed by atoms with Crippen LogP contribution in [0.4, 0.5) is 0 Å². The van der Waals surface area contributed by atoms with Gasteiger partial charge in [0, 0.05) is 30.4 Å². The van der Waals surface area contributed by atoms with Gasteiger partial charge in [0.2, 0.25) is 5.91 Å². The van der Waals surface area contributed by atoms with E-state index in [1.807, 2.05) is 11.8 Å². The Kier molecular flexibility index (Phi) is 4.92. The van der Waals surface area contributed by atoms with Crippen molar-refractivity contribution in [2.24, 2.45) is 5.92 Å². The van der Waals surface area contributed by atoms with E-state index in [4.69, 9.17) is 0 Å². The molecule has 0 unspecified atom stereocenters. The molecule has 1 aliphatic carbocycles. The van der Waals surface area contributed by atoms with Crippen molar-refractivity contribution in [1.29, 1.82) is 0 Å². The van der Waals surface area contributed by atoms with Crippen LogP contribution in [0.15, 0.2) is 16.8 Å². The number of amides is 1. The van der Waals surface area contributed by atoms with Crippen LogP contribution in [0.1, 0.15) is 23.4 Å². The fraction of sp³-hybridized carbons (Fsp3) is 0.500. The number of H-pyrrole nitrogens is 1. The van der Waals surface area contributed by atoms with Gasteiger partial charge < -0.3 is 5.32 Å².